The van der Waals surface area contributed by atoms with Crippen LogP contribution in [-0.2, 0) is 6.42 Å². The molecule has 0 saturated carbocycles. The van der Waals surface area contributed by atoms with E-state index in [2.05, 4.69) is 34.7 Å². The molecular formula is C19H28N4O. The number of guanidine groups is 1. The molecule has 0 unspecified atom stereocenters. The summed E-state index contributed by atoms with van der Waals surface area (Å²) >= 11 is 0. The largest absolute Gasteiger partial charge is 0.357 e. The number of benzene rings is 1. The summed E-state index contributed by atoms with van der Waals surface area (Å²) in [5.74, 6) is 0.899. The van der Waals surface area contributed by atoms with Crippen molar-refractivity contribution in [1.82, 2.24) is 15.5 Å². The van der Waals surface area contributed by atoms with Crippen LogP contribution in [-0.4, -0.2) is 50.0 Å². The van der Waals surface area contributed by atoms with Gasteiger partial charge in [-0.05, 0) is 43.9 Å². The lowest BCUT2D eigenvalue weighted by Gasteiger charge is -2.16. The lowest BCUT2D eigenvalue weighted by molar-refractivity contribution is 0.0827. The third kappa shape index (κ3) is 5.41. The molecule has 1 aromatic carbocycles. The normalized spacial score (nSPS) is 14.7. The van der Waals surface area contributed by atoms with Crippen LogP contribution in [0.5, 0.6) is 0 Å². The van der Waals surface area contributed by atoms with E-state index in [1.807, 2.05) is 24.3 Å². The van der Waals surface area contributed by atoms with Gasteiger partial charge in [0.1, 0.15) is 0 Å². The van der Waals surface area contributed by atoms with E-state index in [9.17, 15) is 4.79 Å². The summed E-state index contributed by atoms with van der Waals surface area (Å²) in [4.78, 5) is 18.3. The molecule has 1 aliphatic carbocycles. The summed E-state index contributed by atoms with van der Waals surface area (Å²) < 4.78 is 0. The zero-order valence-corrected chi connectivity index (χ0v) is 14.9. The van der Waals surface area contributed by atoms with Gasteiger partial charge >= 0.3 is 0 Å². The van der Waals surface area contributed by atoms with E-state index in [0.29, 0.717) is 12.6 Å². The van der Waals surface area contributed by atoms with Gasteiger partial charge in [0.05, 0.1) is 0 Å². The number of carbonyl (C=O) groups excluding carboxylic acids is 1. The van der Waals surface area contributed by atoms with Crippen LogP contribution in [0.1, 0.15) is 35.7 Å². The van der Waals surface area contributed by atoms with Gasteiger partial charge in [-0.3, -0.25) is 9.79 Å². The second-order valence-electron chi connectivity index (χ2n) is 6.19. The van der Waals surface area contributed by atoms with Gasteiger partial charge in [0, 0.05) is 38.8 Å². The molecule has 5 nitrogen and oxygen atoms in total. The summed E-state index contributed by atoms with van der Waals surface area (Å²) in [5.41, 5.74) is 1.85. The minimum Gasteiger partial charge on any atom is -0.357 e. The SMILES string of the molecule is CCNC(=NCCc1cccc(C(=O)N(C)C)c1)NC1CC=CC1. The highest BCUT2D eigenvalue weighted by Gasteiger charge is 2.11. The van der Waals surface area contributed by atoms with E-state index in [0.717, 1.165) is 42.9 Å². The van der Waals surface area contributed by atoms with Crippen molar-refractivity contribution in [1.29, 1.82) is 0 Å². The molecular weight excluding hydrogens is 300 g/mol. The average molecular weight is 328 g/mol. The first-order chi connectivity index (χ1) is 11.6. The van der Waals surface area contributed by atoms with Crippen LogP contribution in [0.15, 0.2) is 41.4 Å². The van der Waals surface area contributed by atoms with E-state index in [1.165, 1.54) is 0 Å². The van der Waals surface area contributed by atoms with Gasteiger partial charge in [-0.1, -0.05) is 24.3 Å². The summed E-state index contributed by atoms with van der Waals surface area (Å²) in [5, 5.41) is 6.75. The first kappa shape index (κ1) is 18.0. The van der Waals surface area contributed by atoms with Crippen molar-refractivity contribution in [3.05, 3.63) is 47.5 Å². The minimum atomic E-state index is 0.0316. The quantitative estimate of drug-likeness (QED) is 0.478. The summed E-state index contributed by atoms with van der Waals surface area (Å²) in [6.07, 6.45) is 7.33. The van der Waals surface area contributed by atoms with Gasteiger partial charge in [0.2, 0.25) is 0 Å². The molecule has 0 heterocycles. The molecule has 1 amide bonds. The van der Waals surface area contributed by atoms with E-state index in [-0.39, 0.29) is 5.91 Å². The zero-order chi connectivity index (χ0) is 17.4. The third-order valence-corrected chi connectivity index (χ3v) is 3.94. The monoisotopic (exact) mass is 328 g/mol. The van der Waals surface area contributed by atoms with Crippen molar-refractivity contribution in [2.45, 2.75) is 32.2 Å². The standard InChI is InChI=1S/C19H28N4O/c1-4-20-19(22-17-10-5-6-11-17)21-13-12-15-8-7-9-16(14-15)18(24)23(2)3/h5-9,14,17H,4,10-13H2,1-3H3,(H2,20,21,22). The Balaban J connectivity index is 1.92. The lowest BCUT2D eigenvalue weighted by Crippen LogP contribution is -2.42. The van der Waals surface area contributed by atoms with Gasteiger partial charge in [0.25, 0.3) is 5.91 Å². The molecule has 5 heteroatoms. The van der Waals surface area contributed by atoms with Gasteiger partial charge < -0.3 is 15.5 Å². The maximum Gasteiger partial charge on any atom is 0.253 e. The van der Waals surface area contributed by atoms with E-state index < -0.39 is 0 Å². The van der Waals surface area contributed by atoms with Crippen LogP contribution in [0, 0.1) is 0 Å². The zero-order valence-electron chi connectivity index (χ0n) is 14.9. The number of aliphatic imine (C=N–C) groups is 1. The van der Waals surface area contributed by atoms with E-state index in [4.69, 9.17) is 0 Å². The molecule has 0 bridgehead atoms. The van der Waals surface area contributed by atoms with Gasteiger partial charge in [-0.2, -0.15) is 0 Å². The molecule has 1 aliphatic rings. The maximum atomic E-state index is 12.0. The van der Waals surface area contributed by atoms with Crippen molar-refractivity contribution < 1.29 is 4.79 Å². The van der Waals surface area contributed by atoms with Crippen molar-refractivity contribution >= 4 is 11.9 Å². The third-order valence-electron chi connectivity index (χ3n) is 3.94. The fourth-order valence-electron chi connectivity index (χ4n) is 2.66. The maximum absolute atomic E-state index is 12.0. The highest BCUT2D eigenvalue weighted by Crippen LogP contribution is 2.10. The number of amides is 1. The molecule has 2 rings (SSSR count). The van der Waals surface area contributed by atoms with Crippen molar-refractivity contribution in [2.24, 2.45) is 4.99 Å². The molecule has 0 aromatic heterocycles. The fraction of sp³-hybridized carbons (Fsp3) is 0.474. The van der Waals surface area contributed by atoms with Crippen LogP contribution < -0.4 is 10.6 Å². The molecule has 1 aromatic rings. The Morgan fingerprint density at radius 1 is 1.29 bits per heavy atom. The van der Waals surface area contributed by atoms with Gasteiger partial charge in [0.15, 0.2) is 5.96 Å². The average Bonchev–Trinajstić information content (AvgIpc) is 3.07. The van der Waals surface area contributed by atoms with Crippen molar-refractivity contribution in [2.75, 3.05) is 27.2 Å². The summed E-state index contributed by atoms with van der Waals surface area (Å²) in [6, 6.07) is 8.24. The number of nitrogens with one attached hydrogen (secondary N) is 2. The van der Waals surface area contributed by atoms with E-state index >= 15 is 0 Å². The van der Waals surface area contributed by atoms with Crippen LogP contribution >= 0.6 is 0 Å². The van der Waals surface area contributed by atoms with Gasteiger partial charge in [-0.15, -0.1) is 0 Å². The Bertz CT molecular complexity index is 599. The van der Waals surface area contributed by atoms with Crippen molar-refractivity contribution in [3.8, 4) is 0 Å². The number of hydrogen-bond acceptors (Lipinski definition) is 2. The molecule has 0 saturated heterocycles. The number of carbonyl (C=O) groups is 1. The number of hydrogen-bond donors (Lipinski definition) is 2. The summed E-state index contributed by atoms with van der Waals surface area (Å²) in [7, 11) is 3.54. The topological polar surface area (TPSA) is 56.7 Å². The minimum absolute atomic E-state index is 0.0316. The molecule has 0 spiro atoms. The molecule has 24 heavy (non-hydrogen) atoms. The molecule has 0 radical (unpaired) electrons. The Hall–Kier alpha value is -2.30. The van der Waals surface area contributed by atoms with Crippen LogP contribution in [0.3, 0.4) is 0 Å². The Kier molecular flexibility index (Phi) is 6.85. The lowest BCUT2D eigenvalue weighted by atomic mass is 10.1. The molecule has 0 aliphatic heterocycles. The first-order valence-electron chi connectivity index (χ1n) is 8.60. The van der Waals surface area contributed by atoms with Gasteiger partial charge in [-0.25, -0.2) is 0 Å². The first-order valence-corrected chi connectivity index (χ1v) is 8.60. The molecule has 0 atom stereocenters. The second-order valence-corrected chi connectivity index (χ2v) is 6.19. The Morgan fingerprint density at radius 2 is 2.04 bits per heavy atom. The fourth-order valence-corrected chi connectivity index (χ4v) is 2.66. The Morgan fingerprint density at radius 3 is 2.71 bits per heavy atom. The highest BCUT2D eigenvalue weighted by atomic mass is 16.2. The number of rotatable bonds is 6. The van der Waals surface area contributed by atoms with Crippen LogP contribution in [0.25, 0.3) is 0 Å². The predicted molar refractivity (Wildman–Crippen MR) is 99.4 cm³/mol. The van der Waals surface area contributed by atoms with Crippen molar-refractivity contribution in [3.63, 3.8) is 0 Å². The van der Waals surface area contributed by atoms with Crippen LogP contribution in [0.4, 0.5) is 0 Å². The highest BCUT2D eigenvalue weighted by molar-refractivity contribution is 5.94. The van der Waals surface area contributed by atoms with Crippen LogP contribution in [0.2, 0.25) is 0 Å². The summed E-state index contributed by atoms with van der Waals surface area (Å²) in [6.45, 7) is 3.61. The predicted octanol–water partition coefficient (Wildman–Crippen LogP) is 2.20. The Labute approximate surface area is 144 Å². The molecule has 2 N–H and O–H groups in total. The molecule has 130 valence electrons. The number of nitrogens with zero attached hydrogens (tertiary/aromatic N) is 2. The second kappa shape index (κ2) is 9.11. The smallest absolute Gasteiger partial charge is 0.253 e. The molecule has 0 fully saturated rings. The van der Waals surface area contributed by atoms with E-state index in [1.54, 1.807) is 19.0 Å².